The minimum Gasteiger partial charge on any atom is -0.496 e. The van der Waals surface area contributed by atoms with Gasteiger partial charge < -0.3 is 14.8 Å². The van der Waals surface area contributed by atoms with Crippen LogP contribution in [0.5, 0.6) is 11.5 Å². The van der Waals surface area contributed by atoms with Crippen molar-refractivity contribution in [3.63, 3.8) is 0 Å². The van der Waals surface area contributed by atoms with Gasteiger partial charge in [0.15, 0.2) is 0 Å². The Labute approximate surface area is 91.4 Å². The molecule has 0 heterocycles. The molecule has 0 aliphatic rings. The van der Waals surface area contributed by atoms with Crippen molar-refractivity contribution in [2.45, 2.75) is 20.3 Å². The molecule has 0 bridgehead atoms. The Morgan fingerprint density at radius 3 is 1.93 bits per heavy atom. The van der Waals surface area contributed by atoms with Crippen LogP contribution < -0.4 is 14.8 Å². The number of benzene rings is 1. The average Bonchev–Trinajstić information content (AvgIpc) is 2.28. The summed E-state index contributed by atoms with van der Waals surface area (Å²) in [6.07, 6.45) is 0.902. The zero-order valence-corrected chi connectivity index (χ0v) is 9.89. The Morgan fingerprint density at radius 2 is 1.60 bits per heavy atom. The van der Waals surface area contributed by atoms with Crippen LogP contribution in [0.25, 0.3) is 0 Å². The van der Waals surface area contributed by atoms with E-state index in [0.717, 1.165) is 35.7 Å². The number of hydrogen-bond acceptors (Lipinski definition) is 3. The number of nitrogens with one attached hydrogen (secondary N) is 1. The SMILES string of the molecule is CCNc1cc(OC)c(CC)c(OC)c1. The van der Waals surface area contributed by atoms with Crippen LogP contribution in [0.15, 0.2) is 12.1 Å². The van der Waals surface area contributed by atoms with E-state index in [1.165, 1.54) is 0 Å². The maximum absolute atomic E-state index is 5.35. The van der Waals surface area contributed by atoms with E-state index < -0.39 is 0 Å². The molecule has 0 fully saturated rings. The highest BCUT2D eigenvalue weighted by Gasteiger charge is 2.10. The van der Waals surface area contributed by atoms with Gasteiger partial charge in [-0.2, -0.15) is 0 Å². The maximum Gasteiger partial charge on any atom is 0.127 e. The number of ether oxygens (including phenoxy) is 2. The third-order valence-corrected chi connectivity index (χ3v) is 2.34. The molecule has 3 heteroatoms. The molecular formula is C12H19NO2. The molecule has 0 atom stereocenters. The second-order valence-electron chi connectivity index (χ2n) is 3.24. The van der Waals surface area contributed by atoms with Gasteiger partial charge in [0.2, 0.25) is 0 Å². The second-order valence-corrected chi connectivity index (χ2v) is 3.24. The second kappa shape index (κ2) is 5.49. The van der Waals surface area contributed by atoms with Crippen LogP contribution in [0, 0.1) is 0 Å². The minimum absolute atomic E-state index is 0.882. The van der Waals surface area contributed by atoms with Crippen molar-refractivity contribution < 1.29 is 9.47 Å². The summed E-state index contributed by atoms with van der Waals surface area (Å²) in [5.41, 5.74) is 2.14. The predicted octanol–water partition coefficient (Wildman–Crippen LogP) is 2.70. The van der Waals surface area contributed by atoms with E-state index in [9.17, 15) is 0 Å². The van der Waals surface area contributed by atoms with Crippen LogP contribution in [0.3, 0.4) is 0 Å². The molecule has 1 rings (SSSR count). The van der Waals surface area contributed by atoms with Crippen molar-refractivity contribution in [1.29, 1.82) is 0 Å². The van der Waals surface area contributed by atoms with E-state index in [1.54, 1.807) is 14.2 Å². The molecule has 0 aliphatic heterocycles. The van der Waals surface area contributed by atoms with Crippen LogP contribution >= 0.6 is 0 Å². The van der Waals surface area contributed by atoms with Crippen LogP contribution in [0.4, 0.5) is 5.69 Å². The minimum atomic E-state index is 0.882. The van der Waals surface area contributed by atoms with E-state index in [2.05, 4.69) is 19.2 Å². The van der Waals surface area contributed by atoms with Crippen molar-refractivity contribution in [1.82, 2.24) is 0 Å². The first-order valence-electron chi connectivity index (χ1n) is 5.25. The fourth-order valence-electron chi connectivity index (χ4n) is 1.64. The Morgan fingerprint density at radius 1 is 1.07 bits per heavy atom. The van der Waals surface area contributed by atoms with Gasteiger partial charge >= 0.3 is 0 Å². The first-order chi connectivity index (χ1) is 7.26. The normalized spacial score (nSPS) is 9.87. The highest BCUT2D eigenvalue weighted by atomic mass is 16.5. The first kappa shape index (κ1) is 11.7. The summed E-state index contributed by atoms with van der Waals surface area (Å²) in [5.74, 6) is 1.76. The summed E-state index contributed by atoms with van der Waals surface area (Å²) in [6, 6.07) is 4.01. The zero-order valence-electron chi connectivity index (χ0n) is 9.89. The van der Waals surface area contributed by atoms with Crippen molar-refractivity contribution >= 4 is 5.69 Å². The molecule has 1 aromatic carbocycles. The van der Waals surface area contributed by atoms with Gasteiger partial charge in [-0.05, 0) is 13.3 Å². The molecule has 1 aromatic rings. The molecule has 15 heavy (non-hydrogen) atoms. The molecule has 1 N–H and O–H groups in total. The van der Waals surface area contributed by atoms with Gasteiger partial charge in [0, 0.05) is 29.9 Å². The molecule has 0 amide bonds. The number of rotatable bonds is 5. The molecule has 84 valence electrons. The van der Waals surface area contributed by atoms with Gasteiger partial charge in [-0.3, -0.25) is 0 Å². The highest BCUT2D eigenvalue weighted by Crippen LogP contribution is 2.33. The van der Waals surface area contributed by atoms with Gasteiger partial charge in [-0.25, -0.2) is 0 Å². The zero-order chi connectivity index (χ0) is 11.3. The Hall–Kier alpha value is -1.38. The average molecular weight is 209 g/mol. The topological polar surface area (TPSA) is 30.5 Å². The van der Waals surface area contributed by atoms with Gasteiger partial charge in [-0.1, -0.05) is 6.92 Å². The predicted molar refractivity (Wildman–Crippen MR) is 63.1 cm³/mol. The van der Waals surface area contributed by atoms with Crippen LogP contribution in [0.1, 0.15) is 19.4 Å². The Kier molecular flexibility index (Phi) is 4.28. The lowest BCUT2D eigenvalue weighted by Gasteiger charge is -2.14. The highest BCUT2D eigenvalue weighted by molar-refractivity contribution is 5.58. The number of methoxy groups -OCH3 is 2. The Balaban J connectivity index is 3.16. The quantitative estimate of drug-likeness (QED) is 0.808. The fourth-order valence-corrected chi connectivity index (χ4v) is 1.64. The molecule has 0 saturated heterocycles. The summed E-state index contributed by atoms with van der Waals surface area (Å²) >= 11 is 0. The molecular weight excluding hydrogens is 190 g/mol. The molecule has 0 unspecified atom stereocenters. The molecule has 3 nitrogen and oxygen atoms in total. The van der Waals surface area contributed by atoms with Crippen molar-refractivity contribution in [3.05, 3.63) is 17.7 Å². The number of hydrogen-bond donors (Lipinski definition) is 1. The lowest BCUT2D eigenvalue weighted by molar-refractivity contribution is 0.386. The standard InChI is InChI=1S/C12H19NO2/c1-5-10-11(14-3)7-9(13-6-2)8-12(10)15-4/h7-8,13H,5-6H2,1-4H3. The summed E-state index contributed by atoms with van der Waals surface area (Å²) in [5, 5.41) is 3.25. The molecule has 0 aromatic heterocycles. The van der Waals surface area contributed by atoms with Crippen LogP contribution in [-0.4, -0.2) is 20.8 Å². The van der Waals surface area contributed by atoms with Crippen molar-refractivity contribution in [2.75, 3.05) is 26.1 Å². The molecule has 0 saturated carbocycles. The third-order valence-electron chi connectivity index (χ3n) is 2.34. The van der Waals surface area contributed by atoms with Gasteiger partial charge in [0.05, 0.1) is 14.2 Å². The Bertz CT molecular complexity index is 298. The molecule has 0 spiro atoms. The molecule has 0 aliphatic carbocycles. The largest absolute Gasteiger partial charge is 0.496 e. The maximum atomic E-state index is 5.35. The van der Waals surface area contributed by atoms with E-state index in [4.69, 9.17) is 9.47 Å². The van der Waals surface area contributed by atoms with E-state index in [-0.39, 0.29) is 0 Å². The van der Waals surface area contributed by atoms with E-state index in [1.807, 2.05) is 12.1 Å². The lowest BCUT2D eigenvalue weighted by atomic mass is 10.1. The summed E-state index contributed by atoms with van der Waals surface area (Å²) in [4.78, 5) is 0. The smallest absolute Gasteiger partial charge is 0.127 e. The van der Waals surface area contributed by atoms with Crippen molar-refractivity contribution in [2.24, 2.45) is 0 Å². The van der Waals surface area contributed by atoms with E-state index in [0.29, 0.717) is 0 Å². The van der Waals surface area contributed by atoms with Crippen molar-refractivity contribution in [3.8, 4) is 11.5 Å². The fraction of sp³-hybridized carbons (Fsp3) is 0.500. The number of anilines is 1. The van der Waals surface area contributed by atoms with Gasteiger partial charge in [0.1, 0.15) is 11.5 Å². The van der Waals surface area contributed by atoms with E-state index >= 15 is 0 Å². The summed E-state index contributed by atoms with van der Waals surface area (Å²) in [6.45, 7) is 5.04. The van der Waals surface area contributed by atoms with Crippen LogP contribution in [0.2, 0.25) is 0 Å². The summed E-state index contributed by atoms with van der Waals surface area (Å²) < 4.78 is 10.7. The van der Waals surface area contributed by atoms with Gasteiger partial charge in [0.25, 0.3) is 0 Å². The van der Waals surface area contributed by atoms with Gasteiger partial charge in [-0.15, -0.1) is 0 Å². The third kappa shape index (κ3) is 2.55. The monoisotopic (exact) mass is 209 g/mol. The first-order valence-corrected chi connectivity index (χ1v) is 5.25. The summed E-state index contributed by atoms with van der Waals surface area (Å²) in [7, 11) is 3.37. The lowest BCUT2D eigenvalue weighted by Crippen LogP contribution is -2.01. The molecule has 0 radical (unpaired) electrons. The van der Waals surface area contributed by atoms with Crippen LogP contribution in [-0.2, 0) is 6.42 Å².